The molecule has 0 spiro atoms. The van der Waals surface area contributed by atoms with E-state index in [1.807, 2.05) is 25.6 Å². The Morgan fingerprint density at radius 2 is 2.14 bits per heavy atom. The summed E-state index contributed by atoms with van der Waals surface area (Å²) in [7, 11) is 1.70. The normalized spacial score (nSPS) is 11.2. The van der Waals surface area contributed by atoms with Crippen molar-refractivity contribution in [3.8, 4) is 0 Å². The first-order valence-electron chi connectivity index (χ1n) is 7.01. The maximum absolute atomic E-state index is 12.0. The fourth-order valence-electron chi connectivity index (χ4n) is 2.04. The van der Waals surface area contributed by atoms with E-state index in [1.54, 1.807) is 13.4 Å². The fraction of sp³-hybridized carbons (Fsp3) is 0.533. The van der Waals surface area contributed by atoms with Crippen LogP contribution in [-0.4, -0.2) is 38.3 Å². The molecular formula is C15H21NO4S. The van der Waals surface area contributed by atoms with E-state index in [0.29, 0.717) is 17.1 Å². The summed E-state index contributed by atoms with van der Waals surface area (Å²) in [6.07, 6.45) is 1.55. The van der Waals surface area contributed by atoms with Gasteiger partial charge in [0.05, 0.1) is 18.9 Å². The first-order chi connectivity index (χ1) is 10.2. The quantitative estimate of drug-likeness (QED) is 0.699. The molecule has 0 aromatic carbocycles. The highest BCUT2D eigenvalue weighted by atomic mass is 32.2. The standard InChI is InChI=1S/C15H21NO4S/c1-4-16(5-7-21-8-6-18-3)13-9-12(17)15-14(20-13)11(2)10-19-15/h9-10H,4-8H2,1-3H3. The Morgan fingerprint density at radius 1 is 1.33 bits per heavy atom. The van der Waals surface area contributed by atoms with Crippen LogP contribution in [0.1, 0.15) is 12.5 Å². The molecule has 2 aromatic rings. The van der Waals surface area contributed by atoms with E-state index in [4.69, 9.17) is 13.6 Å². The van der Waals surface area contributed by atoms with Gasteiger partial charge in [0, 0.05) is 37.3 Å². The Labute approximate surface area is 128 Å². The maximum atomic E-state index is 12.0. The van der Waals surface area contributed by atoms with Crippen molar-refractivity contribution >= 4 is 28.8 Å². The maximum Gasteiger partial charge on any atom is 0.230 e. The zero-order valence-electron chi connectivity index (χ0n) is 12.7. The topological polar surface area (TPSA) is 55.8 Å². The predicted octanol–water partition coefficient (Wildman–Crippen LogP) is 2.90. The Bertz CT molecular complexity index is 634. The smallest absolute Gasteiger partial charge is 0.230 e. The molecule has 116 valence electrons. The van der Waals surface area contributed by atoms with E-state index in [-0.39, 0.29) is 5.43 Å². The molecule has 0 atom stereocenters. The van der Waals surface area contributed by atoms with Crippen molar-refractivity contribution < 1.29 is 13.6 Å². The van der Waals surface area contributed by atoms with Crippen LogP contribution in [0, 0.1) is 6.92 Å². The van der Waals surface area contributed by atoms with Crippen LogP contribution in [0.25, 0.3) is 11.2 Å². The van der Waals surface area contributed by atoms with Gasteiger partial charge in [0.15, 0.2) is 11.5 Å². The van der Waals surface area contributed by atoms with Gasteiger partial charge in [0.1, 0.15) is 0 Å². The number of nitrogens with zero attached hydrogens (tertiary/aromatic N) is 1. The lowest BCUT2D eigenvalue weighted by molar-refractivity contribution is 0.218. The summed E-state index contributed by atoms with van der Waals surface area (Å²) in [5.74, 6) is 2.54. The van der Waals surface area contributed by atoms with E-state index >= 15 is 0 Å². The number of fused-ring (bicyclic) bond motifs is 1. The molecule has 5 nitrogen and oxygen atoms in total. The molecule has 0 amide bonds. The summed E-state index contributed by atoms with van der Waals surface area (Å²) in [4.78, 5) is 14.1. The van der Waals surface area contributed by atoms with Gasteiger partial charge < -0.3 is 18.5 Å². The Kier molecular flexibility index (Phi) is 5.76. The van der Waals surface area contributed by atoms with Crippen molar-refractivity contribution in [2.75, 3.05) is 43.2 Å². The molecule has 0 aliphatic rings. The van der Waals surface area contributed by atoms with Crippen molar-refractivity contribution in [3.63, 3.8) is 0 Å². The van der Waals surface area contributed by atoms with Gasteiger partial charge in [-0.05, 0) is 13.8 Å². The molecule has 0 aliphatic heterocycles. The number of furan rings is 1. The first kappa shape index (κ1) is 16.0. The van der Waals surface area contributed by atoms with Gasteiger partial charge in [0.2, 0.25) is 11.0 Å². The van der Waals surface area contributed by atoms with Gasteiger partial charge in [-0.15, -0.1) is 0 Å². The molecule has 0 unspecified atom stereocenters. The van der Waals surface area contributed by atoms with E-state index in [9.17, 15) is 4.79 Å². The van der Waals surface area contributed by atoms with Crippen LogP contribution in [0.5, 0.6) is 0 Å². The Morgan fingerprint density at radius 3 is 2.86 bits per heavy atom. The van der Waals surface area contributed by atoms with E-state index in [2.05, 4.69) is 4.90 Å². The molecule has 0 N–H and O–H groups in total. The third kappa shape index (κ3) is 3.83. The van der Waals surface area contributed by atoms with E-state index < -0.39 is 0 Å². The molecule has 0 aliphatic carbocycles. The highest BCUT2D eigenvalue weighted by Gasteiger charge is 2.14. The number of aryl methyl sites for hydroxylation is 1. The van der Waals surface area contributed by atoms with Crippen LogP contribution >= 0.6 is 11.8 Å². The van der Waals surface area contributed by atoms with Gasteiger partial charge in [0.25, 0.3) is 0 Å². The zero-order valence-corrected chi connectivity index (χ0v) is 13.5. The monoisotopic (exact) mass is 311 g/mol. The third-order valence-electron chi connectivity index (χ3n) is 3.23. The van der Waals surface area contributed by atoms with Crippen molar-refractivity contribution in [2.24, 2.45) is 0 Å². The average molecular weight is 311 g/mol. The van der Waals surface area contributed by atoms with Crippen LogP contribution in [0.4, 0.5) is 5.88 Å². The fourth-order valence-corrected chi connectivity index (χ4v) is 2.88. The van der Waals surface area contributed by atoms with Crippen molar-refractivity contribution in [2.45, 2.75) is 13.8 Å². The highest BCUT2D eigenvalue weighted by Crippen LogP contribution is 2.23. The second-order valence-electron chi connectivity index (χ2n) is 4.71. The molecule has 0 saturated carbocycles. The molecule has 2 aromatic heterocycles. The summed E-state index contributed by atoms with van der Waals surface area (Å²) < 4.78 is 16.1. The molecule has 0 radical (unpaired) electrons. The number of methoxy groups -OCH3 is 1. The molecule has 2 rings (SSSR count). The number of hydrogen-bond donors (Lipinski definition) is 0. The van der Waals surface area contributed by atoms with Gasteiger partial charge in [-0.25, -0.2) is 0 Å². The van der Waals surface area contributed by atoms with E-state index in [1.165, 1.54) is 6.07 Å². The number of anilines is 1. The minimum atomic E-state index is -0.134. The Hall–Kier alpha value is -1.40. The number of hydrogen-bond acceptors (Lipinski definition) is 6. The molecule has 0 bridgehead atoms. The molecule has 2 heterocycles. The summed E-state index contributed by atoms with van der Waals surface area (Å²) in [6.45, 7) is 6.29. The van der Waals surface area contributed by atoms with Crippen molar-refractivity contribution in [1.82, 2.24) is 0 Å². The lowest BCUT2D eigenvalue weighted by Crippen LogP contribution is -2.26. The zero-order chi connectivity index (χ0) is 15.2. The lowest BCUT2D eigenvalue weighted by Gasteiger charge is -2.20. The van der Waals surface area contributed by atoms with Gasteiger partial charge in [-0.3, -0.25) is 4.79 Å². The Balaban J connectivity index is 2.10. The minimum Gasteiger partial charge on any atom is -0.456 e. The minimum absolute atomic E-state index is 0.134. The third-order valence-corrected chi connectivity index (χ3v) is 4.16. The molecule has 0 saturated heterocycles. The summed E-state index contributed by atoms with van der Waals surface area (Å²) in [6, 6.07) is 1.51. The number of ether oxygens (including phenoxy) is 1. The van der Waals surface area contributed by atoms with Crippen molar-refractivity contribution in [1.29, 1.82) is 0 Å². The van der Waals surface area contributed by atoms with Crippen LogP contribution in [-0.2, 0) is 4.74 Å². The van der Waals surface area contributed by atoms with Crippen LogP contribution in [0.2, 0.25) is 0 Å². The predicted molar refractivity (Wildman–Crippen MR) is 86.6 cm³/mol. The SMILES string of the molecule is CCN(CCSCCOC)c1cc(=O)c2occ(C)c2o1. The second-order valence-corrected chi connectivity index (χ2v) is 5.94. The summed E-state index contributed by atoms with van der Waals surface area (Å²) >= 11 is 1.82. The molecule has 21 heavy (non-hydrogen) atoms. The number of rotatable bonds is 8. The molecular weight excluding hydrogens is 290 g/mol. The molecule has 6 heteroatoms. The summed E-state index contributed by atoms with van der Waals surface area (Å²) in [5.41, 5.74) is 1.55. The lowest BCUT2D eigenvalue weighted by atomic mass is 10.3. The van der Waals surface area contributed by atoms with Crippen molar-refractivity contribution in [3.05, 3.63) is 28.1 Å². The van der Waals surface area contributed by atoms with Gasteiger partial charge >= 0.3 is 0 Å². The first-order valence-corrected chi connectivity index (χ1v) is 8.16. The van der Waals surface area contributed by atoms with Crippen LogP contribution < -0.4 is 10.3 Å². The second kappa shape index (κ2) is 7.56. The van der Waals surface area contributed by atoms with Gasteiger partial charge in [-0.2, -0.15) is 11.8 Å². The van der Waals surface area contributed by atoms with Crippen LogP contribution in [0.3, 0.4) is 0 Å². The summed E-state index contributed by atoms with van der Waals surface area (Å²) in [5, 5.41) is 0. The number of thioether (sulfide) groups is 1. The van der Waals surface area contributed by atoms with Gasteiger partial charge in [-0.1, -0.05) is 0 Å². The van der Waals surface area contributed by atoms with Crippen LogP contribution in [0.15, 0.2) is 26.0 Å². The highest BCUT2D eigenvalue weighted by molar-refractivity contribution is 7.99. The average Bonchev–Trinajstić information content (AvgIpc) is 2.85. The molecule has 0 fully saturated rings. The van der Waals surface area contributed by atoms with E-state index in [0.717, 1.165) is 36.8 Å². The largest absolute Gasteiger partial charge is 0.456 e.